The van der Waals surface area contributed by atoms with Crippen LogP contribution < -0.4 is 20.4 Å². The van der Waals surface area contributed by atoms with Crippen molar-refractivity contribution in [3.05, 3.63) is 58.1 Å². The number of carbonyl (C=O) groups is 2. The van der Waals surface area contributed by atoms with Gasteiger partial charge in [-0.3, -0.25) is 20.1 Å². The van der Waals surface area contributed by atoms with E-state index in [2.05, 4.69) is 10.1 Å². The molecule has 14 heteroatoms. The molecule has 2 aromatic carbocycles. The van der Waals surface area contributed by atoms with Crippen LogP contribution in [0, 0.1) is 10.1 Å². The third-order valence-corrected chi connectivity index (χ3v) is 4.80. The van der Waals surface area contributed by atoms with Gasteiger partial charge in [0.15, 0.2) is 5.75 Å². The molecule has 1 saturated heterocycles. The minimum absolute atomic E-state index is 0.122. The maximum Gasteiger partial charge on any atom is 0.573 e. The molecule has 0 aliphatic carbocycles. The number of nitrogens with zero attached hydrogens (tertiary/aromatic N) is 3. The molecule has 0 radical (unpaired) electrons. The first-order valence-electron chi connectivity index (χ1n) is 9.47. The highest BCUT2D eigenvalue weighted by atomic mass is 19.4. The molecule has 0 saturated carbocycles. The van der Waals surface area contributed by atoms with Crippen LogP contribution in [0.1, 0.15) is 10.4 Å². The maximum absolute atomic E-state index is 12.6. The van der Waals surface area contributed by atoms with Gasteiger partial charge in [-0.2, -0.15) is 0 Å². The molecule has 0 bridgehead atoms. The van der Waals surface area contributed by atoms with Crippen LogP contribution in [0.15, 0.2) is 42.5 Å². The van der Waals surface area contributed by atoms with Crippen LogP contribution in [-0.2, 0) is 0 Å². The number of amides is 3. The van der Waals surface area contributed by atoms with Crippen molar-refractivity contribution in [1.29, 1.82) is 0 Å². The molecule has 1 fully saturated rings. The van der Waals surface area contributed by atoms with Crippen LogP contribution in [0.25, 0.3) is 0 Å². The van der Waals surface area contributed by atoms with Gasteiger partial charge in [-0.1, -0.05) is 12.1 Å². The Morgan fingerprint density at radius 1 is 1.09 bits per heavy atom. The van der Waals surface area contributed by atoms with Crippen molar-refractivity contribution in [2.45, 2.75) is 6.36 Å². The number of non-ortho nitro benzene ring substituents is 1. The molecular formula is C19H18F3N5O6. The fourth-order valence-electron chi connectivity index (χ4n) is 3.28. The van der Waals surface area contributed by atoms with Crippen molar-refractivity contribution < 1.29 is 37.6 Å². The van der Waals surface area contributed by atoms with E-state index >= 15 is 0 Å². The molecule has 0 atom stereocenters. The number of halogens is 3. The van der Waals surface area contributed by atoms with E-state index in [0.717, 1.165) is 12.1 Å². The van der Waals surface area contributed by atoms with Crippen molar-refractivity contribution in [3.63, 3.8) is 0 Å². The second-order valence-electron chi connectivity index (χ2n) is 6.85. The van der Waals surface area contributed by atoms with Crippen LogP contribution in [0.5, 0.6) is 5.75 Å². The molecule has 1 aliphatic heterocycles. The number of nitrogens with one attached hydrogen (secondary N) is 2. The zero-order chi connectivity index (χ0) is 24.2. The van der Waals surface area contributed by atoms with E-state index in [4.69, 9.17) is 5.21 Å². The Bertz CT molecular complexity index is 1060. The van der Waals surface area contributed by atoms with E-state index in [-0.39, 0.29) is 43.1 Å². The highest BCUT2D eigenvalue weighted by Gasteiger charge is 2.32. The first-order chi connectivity index (χ1) is 15.6. The van der Waals surface area contributed by atoms with Gasteiger partial charge in [0.2, 0.25) is 0 Å². The first kappa shape index (κ1) is 23.6. The molecule has 176 valence electrons. The average Bonchev–Trinajstić information content (AvgIpc) is 2.78. The molecule has 0 aromatic heterocycles. The van der Waals surface area contributed by atoms with Crippen LogP contribution in [0.3, 0.4) is 0 Å². The Kier molecular flexibility index (Phi) is 6.86. The Morgan fingerprint density at radius 2 is 1.76 bits per heavy atom. The van der Waals surface area contributed by atoms with E-state index in [1.165, 1.54) is 40.7 Å². The van der Waals surface area contributed by atoms with Gasteiger partial charge in [0.25, 0.3) is 11.6 Å². The Hall–Kier alpha value is -4.07. The van der Waals surface area contributed by atoms with Gasteiger partial charge in [0.05, 0.1) is 21.9 Å². The number of anilines is 2. The highest BCUT2D eigenvalue weighted by Crippen LogP contribution is 2.31. The van der Waals surface area contributed by atoms with Crippen molar-refractivity contribution >= 4 is 29.0 Å². The largest absolute Gasteiger partial charge is 0.573 e. The van der Waals surface area contributed by atoms with Gasteiger partial charge in [-0.15, -0.1) is 13.2 Å². The monoisotopic (exact) mass is 469 g/mol. The summed E-state index contributed by atoms with van der Waals surface area (Å²) in [6.45, 7) is 0.728. The Morgan fingerprint density at radius 3 is 2.36 bits per heavy atom. The number of nitro benzene ring substituents is 1. The predicted molar refractivity (Wildman–Crippen MR) is 108 cm³/mol. The summed E-state index contributed by atoms with van der Waals surface area (Å²) in [6.07, 6.45) is -4.92. The number of ether oxygens (including phenoxy) is 1. The lowest BCUT2D eigenvalue weighted by atomic mass is 10.1. The standard InChI is InChI=1S/C19H18F3N5O6/c20-19(21,22)33-16-4-2-1-3-14(16)23-18(29)26-9-7-25(8-10-26)15-6-5-12(27(31)32)11-13(15)17(28)24-30/h1-6,11,30H,7-10H2,(H,23,29)(H,24,28). The molecule has 0 unspecified atom stereocenters. The van der Waals surface area contributed by atoms with E-state index in [0.29, 0.717) is 5.69 Å². The maximum atomic E-state index is 12.6. The molecule has 11 nitrogen and oxygen atoms in total. The number of rotatable bonds is 5. The molecule has 1 heterocycles. The van der Waals surface area contributed by atoms with E-state index in [1.807, 2.05) is 0 Å². The third-order valence-electron chi connectivity index (χ3n) is 4.80. The molecule has 2 aromatic rings. The van der Waals surface area contributed by atoms with Crippen molar-refractivity contribution in [2.75, 3.05) is 36.4 Å². The molecular weight excluding hydrogens is 451 g/mol. The number of urea groups is 1. The summed E-state index contributed by atoms with van der Waals surface area (Å²) in [5.41, 5.74) is 1.15. The third kappa shape index (κ3) is 5.79. The van der Waals surface area contributed by atoms with Crippen LogP contribution in [0.4, 0.5) is 35.0 Å². The summed E-state index contributed by atoms with van der Waals surface area (Å²) in [6, 6.07) is 8.07. The van der Waals surface area contributed by atoms with Crippen molar-refractivity contribution in [3.8, 4) is 5.75 Å². The number of hydrogen-bond acceptors (Lipinski definition) is 7. The quantitative estimate of drug-likeness (QED) is 0.348. The lowest BCUT2D eigenvalue weighted by Gasteiger charge is -2.36. The molecule has 0 spiro atoms. The van der Waals surface area contributed by atoms with Gasteiger partial charge in [-0.25, -0.2) is 10.3 Å². The van der Waals surface area contributed by atoms with Gasteiger partial charge in [0, 0.05) is 38.3 Å². The fraction of sp³-hybridized carbons (Fsp3) is 0.263. The van der Waals surface area contributed by atoms with Crippen molar-refractivity contribution in [1.82, 2.24) is 10.4 Å². The summed E-state index contributed by atoms with van der Waals surface area (Å²) in [4.78, 5) is 37.9. The molecule has 1 aliphatic rings. The first-order valence-corrected chi connectivity index (χ1v) is 9.47. The van der Waals surface area contributed by atoms with E-state index in [1.54, 1.807) is 4.90 Å². The number of piperazine rings is 1. The zero-order valence-corrected chi connectivity index (χ0v) is 16.8. The summed E-state index contributed by atoms with van der Waals surface area (Å²) >= 11 is 0. The van der Waals surface area contributed by atoms with E-state index in [9.17, 15) is 32.9 Å². The highest BCUT2D eigenvalue weighted by molar-refractivity contribution is 6.00. The number of carbonyl (C=O) groups excluding carboxylic acids is 2. The van der Waals surface area contributed by atoms with Gasteiger partial charge in [0.1, 0.15) is 0 Å². The topological polar surface area (TPSA) is 137 Å². The lowest BCUT2D eigenvalue weighted by Crippen LogP contribution is -2.50. The molecule has 3 rings (SSSR count). The van der Waals surface area contributed by atoms with Crippen LogP contribution >= 0.6 is 0 Å². The van der Waals surface area contributed by atoms with Gasteiger partial charge in [-0.05, 0) is 18.2 Å². The van der Waals surface area contributed by atoms with Crippen LogP contribution in [-0.4, -0.2) is 59.5 Å². The SMILES string of the molecule is O=C(NO)c1cc([N+](=O)[O-])ccc1N1CCN(C(=O)Nc2ccccc2OC(F)(F)F)CC1. The van der Waals surface area contributed by atoms with Gasteiger partial charge >= 0.3 is 12.4 Å². The summed E-state index contributed by atoms with van der Waals surface area (Å²) in [5, 5.41) is 22.3. The van der Waals surface area contributed by atoms with E-state index < -0.39 is 29.0 Å². The second-order valence-corrected chi connectivity index (χ2v) is 6.85. The smallest absolute Gasteiger partial charge is 0.404 e. The number of benzene rings is 2. The predicted octanol–water partition coefficient (Wildman–Crippen LogP) is 2.97. The summed E-state index contributed by atoms with van der Waals surface area (Å²) in [7, 11) is 0. The number of para-hydroxylation sites is 2. The molecule has 3 N–H and O–H groups in total. The Labute approximate surface area is 184 Å². The number of hydroxylamine groups is 1. The summed E-state index contributed by atoms with van der Waals surface area (Å²) in [5.74, 6) is -1.49. The minimum atomic E-state index is -4.92. The summed E-state index contributed by atoms with van der Waals surface area (Å²) < 4.78 is 41.6. The lowest BCUT2D eigenvalue weighted by molar-refractivity contribution is -0.384. The minimum Gasteiger partial charge on any atom is -0.404 e. The van der Waals surface area contributed by atoms with Gasteiger partial charge < -0.3 is 19.9 Å². The molecule has 3 amide bonds. The number of alkyl halides is 3. The molecule has 33 heavy (non-hydrogen) atoms. The number of nitro groups is 1. The Balaban J connectivity index is 1.69. The normalized spacial score (nSPS) is 13.9. The second kappa shape index (κ2) is 9.60. The zero-order valence-electron chi connectivity index (χ0n) is 16.8. The number of hydrogen-bond donors (Lipinski definition) is 3. The van der Waals surface area contributed by atoms with Crippen molar-refractivity contribution in [2.24, 2.45) is 0 Å². The van der Waals surface area contributed by atoms with Crippen LogP contribution in [0.2, 0.25) is 0 Å². The fourth-order valence-corrected chi connectivity index (χ4v) is 3.28. The average molecular weight is 469 g/mol.